The van der Waals surface area contributed by atoms with Gasteiger partial charge in [0, 0.05) is 24.6 Å². The molecule has 4 atom stereocenters. The van der Waals surface area contributed by atoms with Gasteiger partial charge in [-0.3, -0.25) is 9.78 Å². The lowest BCUT2D eigenvalue weighted by molar-refractivity contribution is -0.276. The van der Waals surface area contributed by atoms with Gasteiger partial charge >= 0.3 is 0 Å². The van der Waals surface area contributed by atoms with Crippen LogP contribution < -0.4 is 5.32 Å². The number of rotatable bonds is 9. The van der Waals surface area contributed by atoms with E-state index in [2.05, 4.69) is 69.6 Å². The number of hydrogen-bond acceptors (Lipinski definition) is 7. The van der Waals surface area contributed by atoms with Crippen LogP contribution in [0.15, 0.2) is 103 Å². The van der Waals surface area contributed by atoms with Gasteiger partial charge in [-0.25, -0.2) is 4.98 Å². The van der Waals surface area contributed by atoms with Crippen molar-refractivity contribution in [3.63, 3.8) is 0 Å². The van der Waals surface area contributed by atoms with Crippen LogP contribution in [0.25, 0.3) is 22.2 Å². The number of carbonyl (C=O) groups excluding carboxylic acids is 1. The molecule has 2 aliphatic rings. The summed E-state index contributed by atoms with van der Waals surface area (Å²) in [5.41, 5.74) is 7.76. The lowest BCUT2D eigenvalue weighted by Gasteiger charge is -2.43. The molecule has 5 aromatic rings. The monoisotopic (exact) mass is 642 g/mol. The van der Waals surface area contributed by atoms with Gasteiger partial charge in [0.05, 0.1) is 36.0 Å². The maximum Gasteiger partial charge on any atom is 0.271 e. The summed E-state index contributed by atoms with van der Waals surface area (Å²) in [5, 5.41) is 12.6. The topological polar surface area (TPSA) is 96.8 Å². The molecule has 0 bridgehead atoms. The number of hydrogen-bond donors (Lipinski definition) is 2. The SMILES string of the molecule is C[C@H]1[C@@H](CN2CCCCC2)O[C@@H](c2ccc(-c3ccccc3CNC(=O)c3cnc4ccccc4n3)cc2)O[C@H]1c1ccc(CO)cc1. The van der Waals surface area contributed by atoms with Crippen LogP contribution in [0.4, 0.5) is 0 Å². The van der Waals surface area contributed by atoms with E-state index in [9.17, 15) is 9.90 Å². The predicted octanol–water partition coefficient (Wildman–Crippen LogP) is 7.00. The van der Waals surface area contributed by atoms with Gasteiger partial charge in [0.15, 0.2) is 6.29 Å². The molecular formula is C40H42N4O4. The fourth-order valence-electron chi connectivity index (χ4n) is 6.83. The molecule has 8 heteroatoms. The molecule has 0 radical (unpaired) electrons. The van der Waals surface area contributed by atoms with Crippen molar-refractivity contribution in [2.45, 2.75) is 57.8 Å². The Hall–Kier alpha value is -4.47. The number of aliphatic hydroxyl groups excluding tert-OH is 1. The molecule has 7 rings (SSSR count). The van der Waals surface area contributed by atoms with Crippen molar-refractivity contribution in [2.24, 2.45) is 5.92 Å². The van der Waals surface area contributed by atoms with E-state index in [-0.39, 0.29) is 30.6 Å². The standard InChI is InChI=1S/C40H42N4O4/c1-27-37(25-44-21-7-2-8-22-44)47-40(48-38(27)30-15-13-28(26-45)14-16-30)31-19-17-29(18-20-31)33-10-4-3-9-32(33)23-42-39(46)36-24-41-34-11-5-6-12-35(34)43-36/h3-6,9-20,24,27,37-38,40,45H,2,7-8,21-23,25-26H2,1H3,(H,42,46)/t27-,37+,38+,40+/m0/s1. The van der Waals surface area contributed by atoms with E-state index < -0.39 is 6.29 Å². The number of aromatic nitrogens is 2. The molecule has 1 aromatic heterocycles. The first kappa shape index (κ1) is 32.1. The minimum atomic E-state index is -0.509. The summed E-state index contributed by atoms with van der Waals surface area (Å²) >= 11 is 0. The molecule has 2 fully saturated rings. The Labute approximate surface area is 281 Å². The predicted molar refractivity (Wildman–Crippen MR) is 186 cm³/mol. The van der Waals surface area contributed by atoms with Crippen LogP contribution in [0.2, 0.25) is 0 Å². The van der Waals surface area contributed by atoms with E-state index in [0.717, 1.165) is 58.5 Å². The first-order chi connectivity index (χ1) is 23.6. The third-order valence-electron chi connectivity index (χ3n) is 9.64. The number of carbonyl (C=O) groups is 1. The number of nitrogens with zero attached hydrogens (tertiary/aromatic N) is 3. The fourth-order valence-corrected chi connectivity index (χ4v) is 6.83. The van der Waals surface area contributed by atoms with Gasteiger partial charge < -0.3 is 24.8 Å². The molecule has 0 aliphatic carbocycles. The number of amides is 1. The number of piperidine rings is 1. The van der Waals surface area contributed by atoms with Gasteiger partial charge in [0.1, 0.15) is 5.69 Å². The molecule has 0 spiro atoms. The Morgan fingerprint density at radius 1 is 0.854 bits per heavy atom. The number of likely N-dealkylation sites (tertiary alicyclic amines) is 1. The lowest BCUT2D eigenvalue weighted by Crippen LogP contribution is -2.45. The number of fused-ring (bicyclic) bond motifs is 1. The third-order valence-corrected chi connectivity index (χ3v) is 9.64. The zero-order chi connectivity index (χ0) is 32.9. The van der Waals surface area contributed by atoms with Gasteiger partial charge in [0.2, 0.25) is 0 Å². The molecule has 2 N–H and O–H groups in total. The molecule has 8 nitrogen and oxygen atoms in total. The normalized spacial score (nSPS) is 21.6. The Balaban J connectivity index is 1.08. The fraction of sp³-hybridized carbons (Fsp3) is 0.325. The summed E-state index contributed by atoms with van der Waals surface area (Å²) in [7, 11) is 0. The van der Waals surface area contributed by atoms with Crippen molar-refractivity contribution in [2.75, 3.05) is 19.6 Å². The maximum absolute atomic E-state index is 13.0. The Kier molecular flexibility index (Phi) is 9.86. The van der Waals surface area contributed by atoms with Gasteiger partial charge in [-0.2, -0.15) is 0 Å². The zero-order valence-electron chi connectivity index (χ0n) is 27.3. The highest BCUT2D eigenvalue weighted by Gasteiger charge is 2.39. The number of nitrogens with one attached hydrogen (secondary N) is 1. The van der Waals surface area contributed by atoms with Gasteiger partial charge in [0.25, 0.3) is 5.91 Å². The molecule has 2 saturated heterocycles. The van der Waals surface area contributed by atoms with Crippen molar-refractivity contribution < 1.29 is 19.4 Å². The van der Waals surface area contributed by atoms with Crippen LogP contribution in [-0.2, 0) is 22.6 Å². The summed E-state index contributed by atoms with van der Waals surface area (Å²) in [5.74, 6) is -0.107. The van der Waals surface area contributed by atoms with Crippen LogP contribution >= 0.6 is 0 Å². The van der Waals surface area contributed by atoms with E-state index in [1.807, 2.05) is 54.6 Å². The molecule has 2 aliphatic heterocycles. The largest absolute Gasteiger partial charge is 0.392 e. The quantitative estimate of drug-likeness (QED) is 0.179. The molecule has 0 unspecified atom stereocenters. The summed E-state index contributed by atoms with van der Waals surface area (Å²) in [4.78, 5) is 24.4. The highest BCUT2D eigenvalue weighted by atomic mass is 16.7. The summed E-state index contributed by atoms with van der Waals surface area (Å²) in [6.07, 6.45) is 4.65. The number of ether oxygens (including phenoxy) is 2. The van der Waals surface area contributed by atoms with Crippen LogP contribution in [0.3, 0.4) is 0 Å². The highest BCUT2D eigenvalue weighted by Crippen LogP contribution is 2.42. The number of para-hydroxylation sites is 2. The smallest absolute Gasteiger partial charge is 0.271 e. The van der Waals surface area contributed by atoms with Crippen molar-refractivity contribution in [3.8, 4) is 11.1 Å². The molecule has 246 valence electrons. The van der Waals surface area contributed by atoms with E-state index in [1.54, 1.807) is 0 Å². The van der Waals surface area contributed by atoms with Crippen LogP contribution in [-0.4, -0.2) is 51.6 Å². The second kappa shape index (κ2) is 14.7. The maximum atomic E-state index is 13.0. The Morgan fingerprint density at radius 2 is 1.56 bits per heavy atom. The van der Waals surface area contributed by atoms with Crippen LogP contribution in [0, 0.1) is 5.92 Å². The third kappa shape index (κ3) is 7.17. The Bertz CT molecular complexity index is 1840. The van der Waals surface area contributed by atoms with E-state index in [1.165, 1.54) is 25.5 Å². The summed E-state index contributed by atoms with van der Waals surface area (Å²) in [6.45, 7) is 5.70. The van der Waals surface area contributed by atoms with Gasteiger partial charge in [-0.15, -0.1) is 0 Å². The first-order valence-corrected chi connectivity index (χ1v) is 17.0. The second-order valence-corrected chi connectivity index (χ2v) is 12.9. The van der Waals surface area contributed by atoms with Crippen molar-refractivity contribution in [1.82, 2.24) is 20.2 Å². The summed E-state index contributed by atoms with van der Waals surface area (Å²) < 4.78 is 13.4. The molecule has 1 amide bonds. The first-order valence-electron chi connectivity index (χ1n) is 17.0. The minimum Gasteiger partial charge on any atom is -0.392 e. The van der Waals surface area contributed by atoms with E-state index in [0.29, 0.717) is 17.8 Å². The molecule has 0 saturated carbocycles. The molecule has 3 heterocycles. The van der Waals surface area contributed by atoms with E-state index >= 15 is 0 Å². The number of aliphatic hydroxyl groups is 1. The zero-order valence-corrected chi connectivity index (χ0v) is 27.3. The van der Waals surface area contributed by atoms with E-state index in [4.69, 9.17) is 9.47 Å². The minimum absolute atomic E-state index is 0.0145. The van der Waals surface area contributed by atoms with Crippen molar-refractivity contribution in [1.29, 1.82) is 0 Å². The molecular weight excluding hydrogens is 600 g/mol. The molecule has 4 aromatic carbocycles. The van der Waals surface area contributed by atoms with Gasteiger partial charge in [-0.05, 0) is 65.9 Å². The molecule has 48 heavy (non-hydrogen) atoms. The van der Waals surface area contributed by atoms with Crippen molar-refractivity contribution >= 4 is 16.9 Å². The number of benzene rings is 4. The Morgan fingerprint density at radius 3 is 2.33 bits per heavy atom. The second-order valence-electron chi connectivity index (χ2n) is 12.9. The highest BCUT2D eigenvalue weighted by molar-refractivity contribution is 5.93. The summed E-state index contributed by atoms with van der Waals surface area (Å²) in [6, 6.07) is 32.1. The van der Waals surface area contributed by atoms with Crippen molar-refractivity contribution in [3.05, 3.63) is 131 Å². The van der Waals surface area contributed by atoms with Crippen LogP contribution in [0.5, 0.6) is 0 Å². The average Bonchev–Trinajstić information content (AvgIpc) is 3.15. The lowest BCUT2D eigenvalue weighted by atomic mass is 9.89. The average molecular weight is 643 g/mol. The van der Waals surface area contributed by atoms with Crippen LogP contribution in [0.1, 0.15) is 71.3 Å². The van der Waals surface area contributed by atoms with Gasteiger partial charge in [-0.1, -0.05) is 98.3 Å².